The Morgan fingerprint density at radius 3 is 2.61 bits per heavy atom. The molecule has 3 rings (SSSR count). The van der Waals surface area contributed by atoms with Gasteiger partial charge in [-0.3, -0.25) is 0 Å². The summed E-state index contributed by atoms with van der Waals surface area (Å²) < 4.78 is 5.17. The van der Waals surface area contributed by atoms with Gasteiger partial charge in [0.05, 0.1) is 0 Å². The van der Waals surface area contributed by atoms with Gasteiger partial charge in [0.1, 0.15) is 0 Å². The Bertz CT molecular complexity index is 516. The van der Waals surface area contributed by atoms with Crippen LogP contribution in [0.25, 0.3) is 0 Å². The van der Waals surface area contributed by atoms with E-state index in [2.05, 4.69) is 27.6 Å². The Morgan fingerprint density at radius 1 is 1.22 bits per heavy atom. The van der Waals surface area contributed by atoms with E-state index in [1.165, 1.54) is 18.4 Å². The Hall–Kier alpha value is -1.88. The number of benzene rings is 1. The maximum atomic E-state index is 5.55. The van der Waals surface area contributed by atoms with Crippen molar-refractivity contribution in [3.8, 4) is 0 Å². The van der Waals surface area contributed by atoms with Crippen LogP contribution in [0.2, 0.25) is 0 Å². The van der Waals surface area contributed by atoms with Crippen LogP contribution in [0.3, 0.4) is 0 Å². The molecule has 2 aromatic rings. The average molecular weight is 244 g/mol. The van der Waals surface area contributed by atoms with Crippen molar-refractivity contribution in [2.24, 2.45) is 5.73 Å². The molecule has 0 radical (unpaired) electrons. The third-order valence-electron chi connectivity index (χ3n) is 3.08. The molecule has 1 heterocycles. The molecule has 0 atom stereocenters. The predicted octanol–water partition coefficient (Wildman–Crippen LogP) is 2.02. The fraction of sp³-hybridized carbons (Fsp3) is 0.385. The van der Waals surface area contributed by atoms with E-state index in [0.29, 0.717) is 25.0 Å². The highest BCUT2D eigenvalue weighted by atomic mass is 16.5. The zero-order chi connectivity index (χ0) is 12.4. The van der Waals surface area contributed by atoms with E-state index in [-0.39, 0.29) is 0 Å². The van der Waals surface area contributed by atoms with Crippen molar-refractivity contribution in [1.29, 1.82) is 0 Å². The van der Waals surface area contributed by atoms with Crippen LogP contribution in [0.1, 0.15) is 35.8 Å². The van der Waals surface area contributed by atoms with Gasteiger partial charge in [0.2, 0.25) is 5.89 Å². The number of nitrogens with two attached hydrogens (primary N) is 1. The molecule has 1 saturated carbocycles. The molecule has 0 saturated heterocycles. The summed E-state index contributed by atoms with van der Waals surface area (Å²) in [4.78, 5) is 4.31. The van der Waals surface area contributed by atoms with Crippen LogP contribution in [0.5, 0.6) is 0 Å². The second kappa shape index (κ2) is 4.78. The van der Waals surface area contributed by atoms with Crippen molar-refractivity contribution in [2.45, 2.75) is 31.8 Å². The number of hydrogen-bond acceptors (Lipinski definition) is 5. The van der Waals surface area contributed by atoms with Crippen molar-refractivity contribution in [2.75, 3.05) is 5.32 Å². The van der Waals surface area contributed by atoms with Crippen molar-refractivity contribution in [3.05, 3.63) is 41.3 Å². The number of hydrogen-bond donors (Lipinski definition) is 2. The molecule has 94 valence electrons. The van der Waals surface area contributed by atoms with Crippen LogP contribution in [-0.2, 0) is 13.1 Å². The molecule has 1 aliphatic carbocycles. The summed E-state index contributed by atoms with van der Waals surface area (Å²) in [5, 5.41) is 7.06. The molecule has 1 aliphatic rings. The van der Waals surface area contributed by atoms with Crippen LogP contribution >= 0.6 is 0 Å². The first-order chi connectivity index (χ1) is 8.85. The van der Waals surface area contributed by atoms with Crippen LogP contribution < -0.4 is 11.1 Å². The van der Waals surface area contributed by atoms with Gasteiger partial charge in [0.15, 0.2) is 0 Å². The Labute approximate surface area is 105 Å². The molecule has 0 aliphatic heterocycles. The molecular formula is C13H16N4O. The van der Waals surface area contributed by atoms with E-state index in [9.17, 15) is 0 Å². The second-order valence-corrected chi connectivity index (χ2v) is 4.60. The fourth-order valence-corrected chi connectivity index (χ4v) is 1.78. The second-order valence-electron chi connectivity index (χ2n) is 4.60. The van der Waals surface area contributed by atoms with Gasteiger partial charge in [-0.2, -0.15) is 4.98 Å². The monoisotopic (exact) mass is 244 g/mol. The third-order valence-corrected chi connectivity index (χ3v) is 3.08. The summed E-state index contributed by atoms with van der Waals surface area (Å²) in [5.41, 5.74) is 7.86. The topological polar surface area (TPSA) is 77.0 Å². The van der Waals surface area contributed by atoms with E-state index < -0.39 is 0 Å². The summed E-state index contributed by atoms with van der Waals surface area (Å²) in [6.45, 7) is 1.26. The van der Waals surface area contributed by atoms with Crippen LogP contribution in [0, 0.1) is 0 Å². The Kier molecular flexibility index (Phi) is 2.98. The molecule has 18 heavy (non-hydrogen) atoms. The maximum Gasteiger partial charge on any atom is 0.263 e. The summed E-state index contributed by atoms with van der Waals surface area (Å²) >= 11 is 0. The number of aromatic nitrogens is 2. The summed E-state index contributed by atoms with van der Waals surface area (Å²) in [6.07, 6.45) is 2.34. The normalized spacial score (nSPS) is 14.7. The molecule has 0 bridgehead atoms. The summed E-state index contributed by atoms with van der Waals surface area (Å²) in [7, 11) is 0. The third kappa shape index (κ3) is 2.51. The molecule has 3 N–H and O–H groups in total. The van der Waals surface area contributed by atoms with Crippen LogP contribution in [-0.4, -0.2) is 10.1 Å². The number of nitrogens with one attached hydrogen (secondary N) is 1. The van der Waals surface area contributed by atoms with E-state index in [0.717, 1.165) is 11.5 Å². The number of nitrogens with zero attached hydrogens (tertiary/aromatic N) is 2. The quantitative estimate of drug-likeness (QED) is 0.841. The first-order valence-electron chi connectivity index (χ1n) is 6.20. The van der Waals surface area contributed by atoms with Crippen LogP contribution in [0.4, 0.5) is 5.95 Å². The standard InChI is InChI=1S/C13H16N4O/c14-7-9-1-3-10(4-2-9)8-15-13-16-12(18-17-13)11-5-6-11/h1-4,11H,5-8,14H2,(H,15,17). The largest absolute Gasteiger partial charge is 0.348 e. The van der Waals surface area contributed by atoms with Crippen molar-refractivity contribution < 1.29 is 4.52 Å². The lowest BCUT2D eigenvalue weighted by atomic mass is 10.1. The molecule has 0 spiro atoms. The molecule has 1 aromatic carbocycles. The predicted molar refractivity (Wildman–Crippen MR) is 67.9 cm³/mol. The Balaban J connectivity index is 1.58. The van der Waals surface area contributed by atoms with E-state index in [4.69, 9.17) is 10.3 Å². The summed E-state index contributed by atoms with van der Waals surface area (Å²) in [5.74, 6) is 1.83. The fourth-order valence-electron chi connectivity index (χ4n) is 1.78. The molecular weight excluding hydrogens is 228 g/mol. The van der Waals surface area contributed by atoms with Crippen molar-refractivity contribution >= 4 is 5.95 Å². The lowest BCUT2D eigenvalue weighted by Crippen LogP contribution is -2.02. The molecule has 5 nitrogen and oxygen atoms in total. The maximum absolute atomic E-state index is 5.55. The molecule has 1 aromatic heterocycles. The first kappa shape index (κ1) is 11.2. The van der Waals surface area contributed by atoms with E-state index in [1.807, 2.05) is 12.1 Å². The highest BCUT2D eigenvalue weighted by Crippen LogP contribution is 2.39. The van der Waals surface area contributed by atoms with Gasteiger partial charge >= 0.3 is 0 Å². The zero-order valence-electron chi connectivity index (χ0n) is 10.1. The smallest absolute Gasteiger partial charge is 0.263 e. The molecule has 0 unspecified atom stereocenters. The SMILES string of the molecule is NCc1ccc(CNc2noc(C3CC3)n2)cc1. The lowest BCUT2D eigenvalue weighted by molar-refractivity contribution is 0.380. The van der Waals surface area contributed by atoms with Crippen molar-refractivity contribution in [1.82, 2.24) is 10.1 Å². The molecule has 5 heteroatoms. The highest BCUT2D eigenvalue weighted by Gasteiger charge is 2.29. The van der Waals surface area contributed by atoms with E-state index >= 15 is 0 Å². The van der Waals surface area contributed by atoms with Gasteiger partial charge in [-0.25, -0.2) is 0 Å². The van der Waals surface area contributed by atoms with E-state index in [1.54, 1.807) is 0 Å². The minimum atomic E-state index is 0.497. The van der Waals surface area contributed by atoms with Gasteiger partial charge in [-0.15, -0.1) is 0 Å². The van der Waals surface area contributed by atoms with Crippen LogP contribution in [0.15, 0.2) is 28.8 Å². The van der Waals surface area contributed by atoms with Gasteiger partial charge in [0.25, 0.3) is 5.95 Å². The Morgan fingerprint density at radius 2 is 1.94 bits per heavy atom. The van der Waals surface area contributed by atoms with Crippen molar-refractivity contribution in [3.63, 3.8) is 0 Å². The molecule has 0 amide bonds. The number of rotatable bonds is 5. The van der Waals surface area contributed by atoms with Gasteiger partial charge in [-0.05, 0) is 29.1 Å². The highest BCUT2D eigenvalue weighted by molar-refractivity contribution is 5.28. The van der Waals surface area contributed by atoms with Gasteiger partial charge in [0, 0.05) is 19.0 Å². The zero-order valence-corrected chi connectivity index (χ0v) is 10.1. The minimum absolute atomic E-state index is 0.497. The minimum Gasteiger partial charge on any atom is -0.348 e. The lowest BCUT2D eigenvalue weighted by Gasteiger charge is -2.02. The summed E-state index contributed by atoms with van der Waals surface area (Å²) in [6, 6.07) is 8.17. The average Bonchev–Trinajstić information content (AvgIpc) is 3.16. The first-order valence-corrected chi connectivity index (χ1v) is 6.20. The number of anilines is 1. The van der Waals surface area contributed by atoms with Gasteiger partial charge < -0.3 is 15.6 Å². The molecule has 1 fully saturated rings. The van der Waals surface area contributed by atoms with Gasteiger partial charge in [-0.1, -0.05) is 24.3 Å².